The maximum atomic E-state index is 13.7. The molecule has 2 rings (SSSR count). The van der Waals surface area contributed by atoms with E-state index in [4.69, 9.17) is 0 Å². The molecule has 2 nitrogen and oxygen atoms in total. The summed E-state index contributed by atoms with van der Waals surface area (Å²) in [5, 5.41) is 9.36. The number of aliphatic carboxylic acids is 1. The van der Waals surface area contributed by atoms with Gasteiger partial charge in [-0.15, -0.1) is 0 Å². The van der Waals surface area contributed by atoms with Gasteiger partial charge in [0.25, 0.3) is 0 Å². The third-order valence-corrected chi connectivity index (χ3v) is 3.32. The molecule has 4 heteroatoms. The van der Waals surface area contributed by atoms with Crippen LogP contribution in [0.5, 0.6) is 0 Å². The second-order valence-electron chi connectivity index (χ2n) is 4.66. The lowest BCUT2D eigenvalue weighted by Gasteiger charge is -2.15. The highest BCUT2D eigenvalue weighted by Crippen LogP contribution is 2.26. The number of carboxylic acid groups (broad SMARTS) is 1. The topological polar surface area (TPSA) is 37.3 Å². The molecule has 1 N–H and O–H groups in total. The van der Waals surface area contributed by atoms with Crippen LogP contribution in [0.15, 0.2) is 42.5 Å². The number of rotatable bonds is 4. The van der Waals surface area contributed by atoms with E-state index in [1.165, 1.54) is 12.1 Å². The number of hydrogen-bond donors (Lipinski definition) is 1. The van der Waals surface area contributed by atoms with E-state index >= 15 is 0 Å². The standard InChI is InChI=1S/C16H14F2O2/c1-10-5-2-3-7-12(10)13(16(19)20)9-11-6-4-8-14(17)15(11)18/h2-8,13H,9H2,1H3,(H,19,20). The zero-order valence-electron chi connectivity index (χ0n) is 10.9. The predicted molar refractivity (Wildman–Crippen MR) is 71.6 cm³/mol. The summed E-state index contributed by atoms with van der Waals surface area (Å²) in [6.45, 7) is 1.80. The van der Waals surface area contributed by atoms with Crippen LogP contribution in [-0.2, 0) is 11.2 Å². The van der Waals surface area contributed by atoms with Crippen molar-refractivity contribution in [3.63, 3.8) is 0 Å². The molecule has 0 aromatic heterocycles. The van der Waals surface area contributed by atoms with Gasteiger partial charge in [0, 0.05) is 0 Å². The van der Waals surface area contributed by atoms with Crippen LogP contribution >= 0.6 is 0 Å². The third kappa shape index (κ3) is 2.85. The van der Waals surface area contributed by atoms with Gasteiger partial charge in [0.05, 0.1) is 5.92 Å². The van der Waals surface area contributed by atoms with Crippen LogP contribution in [0.4, 0.5) is 8.78 Å². The number of hydrogen-bond acceptors (Lipinski definition) is 1. The maximum absolute atomic E-state index is 13.7. The van der Waals surface area contributed by atoms with Gasteiger partial charge in [-0.2, -0.15) is 0 Å². The molecule has 0 fully saturated rings. The lowest BCUT2D eigenvalue weighted by molar-refractivity contribution is -0.138. The Morgan fingerprint density at radius 2 is 1.85 bits per heavy atom. The smallest absolute Gasteiger partial charge is 0.311 e. The summed E-state index contributed by atoms with van der Waals surface area (Å²) in [4.78, 5) is 11.4. The summed E-state index contributed by atoms with van der Waals surface area (Å²) < 4.78 is 26.9. The first kappa shape index (κ1) is 14.2. The van der Waals surface area contributed by atoms with Crippen molar-refractivity contribution in [2.24, 2.45) is 0 Å². The van der Waals surface area contributed by atoms with Crippen LogP contribution in [-0.4, -0.2) is 11.1 Å². The first-order chi connectivity index (χ1) is 9.50. The first-order valence-corrected chi connectivity index (χ1v) is 6.22. The SMILES string of the molecule is Cc1ccccc1C(Cc1cccc(F)c1F)C(=O)O. The normalized spacial score (nSPS) is 12.2. The molecule has 0 amide bonds. The number of benzene rings is 2. The quantitative estimate of drug-likeness (QED) is 0.924. The van der Waals surface area contributed by atoms with E-state index in [0.29, 0.717) is 5.56 Å². The Morgan fingerprint density at radius 3 is 2.50 bits per heavy atom. The second-order valence-corrected chi connectivity index (χ2v) is 4.66. The molecular formula is C16H14F2O2. The van der Waals surface area contributed by atoms with E-state index < -0.39 is 23.5 Å². The lowest BCUT2D eigenvalue weighted by atomic mass is 9.89. The maximum Gasteiger partial charge on any atom is 0.311 e. The first-order valence-electron chi connectivity index (χ1n) is 6.22. The summed E-state index contributed by atoms with van der Waals surface area (Å²) in [6.07, 6.45) is -0.0796. The van der Waals surface area contributed by atoms with Gasteiger partial charge in [-0.3, -0.25) is 4.79 Å². The average Bonchev–Trinajstić information content (AvgIpc) is 2.41. The second kappa shape index (κ2) is 5.82. The van der Waals surface area contributed by atoms with E-state index in [2.05, 4.69) is 0 Å². The molecule has 1 unspecified atom stereocenters. The van der Waals surface area contributed by atoms with Crippen molar-refractivity contribution in [2.75, 3.05) is 0 Å². The Labute approximate surface area is 115 Å². The highest BCUT2D eigenvalue weighted by Gasteiger charge is 2.23. The highest BCUT2D eigenvalue weighted by molar-refractivity contribution is 5.77. The largest absolute Gasteiger partial charge is 0.481 e. The van der Waals surface area contributed by atoms with Crippen molar-refractivity contribution >= 4 is 5.97 Å². The van der Waals surface area contributed by atoms with Crippen LogP contribution in [0.2, 0.25) is 0 Å². The fourth-order valence-electron chi connectivity index (χ4n) is 2.23. The fourth-order valence-corrected chi connectivity index (χ4v) is 2.23. The number of aryl methyl sites for hydroxylation is 1. The molecule has 0 radical (unpaired) electrons. The summed E-state index contributed by atoms with van der Waals surface area (Å²) in [5.41, 5.74) is 1.50. The molecule has 0 heterocycles. The van der Waals surface area contributed by atoms with E-state index in [-0.39, 0.29) is 12.0 Å². The van der Waals surface area contributed by atoms with Crippen LogP contribution in [0.25, 0.3) is 0 Å². The van der Waals surface area contributed by atoms with Crippen molar-refractivity contribution in [2.45, 2.75) is 19.3 Å². The Kier molecular flexibility index (Phi) is 4.13. The van der Waals surface area contributed by atoms with E-state index in [1.54, 1.807) is 31.2 Å². The van der Waals surface area contributed by atoms with Crippen LogP contribution < -0.4 is 0 Å². The molecule has 2 aromatic rings. The Morgan fingerprint density at radius 1 is 1.15 bits per heavy atom. The number of carboxylic acids is 1. The molecule has 0 bridgehead atoms. The molecule has 20 heavy (non-hydrogen) atoms. The highest BCUT2D eigenvalue weighted by atomic mass is 19.2. The molecule has 0 saturated carbocycles. The van der Waals surface area contributed by atoms with Crippen LogP contribution in [0.3, 0.4) is 0 Å². The lowest BCUT2D eigenvalue weighted by Crippen LogP contribution is -2.16. The van der Waals surface area contributed by atoms with E-state index in [1.807, 2.05) is 0 Å². The molecule has 0 aliphatic carbocycles. The predicted octanol–water partition coefficient (Wildman–Crippen LogP) is 3.68. The van der Waals surface area contributed by atoms with Gasteiger partial charge in [0.2, 0.25) is 0 Å². The summed E-state index contributed by atoms with van der Waals surface area (Å²) >= 11 is 0. The van der Waals surface area contributed by atoms with Crippen molar-refractivity contribution < 1.29 is 18.7 Å². The Bertz CT molecular complexity index is 638. The summed E-state index contributed by atoms with van der Waals surface area (Å²) in [7, 11) is 0. The average molecular weight is 276 g/mol. The van der Waals surface area contributed by atoms with Crippen molar-refractivity contribution in [1.82, 2.24) is 0 Å². The number of halogens is 2. The minimum atomic E-state index is -1.05. The van der Waals surface area contributed by atoms with Crippen molar-refractivity contribution in [3.05, 3.63) is 70.8 Å². The molecule has 2 aromatic carbocycles. The zero-order valence-corrected chi connectivity index (χ0v) is 10.9. The monoisotopic (exact) mass is 276 g/mol. The van der Waals surface area contributed by atoms with Gasteiger partial charge in [-0.05, 0) is 36.1 Å². The zero-order chi connectivity index (χ0) is 14.7. The van der Waals surface area contributed by atoms with Gasteiger partial charge in [0.15, 0.2) is 11.6 Å². The molecule has 0 spiro atoms. The van der Waals surface area contributed by atoms with E-state index in [9.17, 15) is 18.7 Å². The molecule has 1 atom stereocenters. The van der Waals surface area contributed by atoms with Crippen molar-refractivity contribution in [1.29, 1.82) is 0 Å². The van der Waals surface area contributed by atoms with E-state index in [0.717, 1.165) is 11.6 Å². The van der Waals surface area contributed by atoms with Gasteiger partial charge in [-0.1, -0.05) is 36.4 Å². The fraction of sp³-hybridized carbons (Fsp3) is 0.188. The van der Waals surface area contributed by atoms with Crippen molar-refractivity contribution in [3.8, 4) is 0 Å². The summed E-state index contributed by atoms with van der Waals surface area (Å²) in [6, 6.07) is 10.8. The molecular weight excluding hydrogens is 262 g/mol. The van der Waals surface area contributed by atoms with Crippen LogP contribution in [0, 0.1) is 18.6 Å². The van der Waals surface area contributed by atoms with Crippen LogP contribution in [0.1, 0.15) is 22.6 Å². The molecule has 0 aliphatic heterocycles. The Balaban J connectivity index is 2.39. The molecule has 104 valence electrons. The Hall–Kier alpha value is -2.23. The minimum absolute atomic E-state index is 0.0700. The van der Waals surface area contributed by atoms with Gasteiger partial charge < -0.3 is 5.11 Å². The van der Waals surface area contributed by atoms with Gasteiger partial charge in [-0.25, -0.2) is 8.78 Å². The molecule has 0 saturated heterocycles. The third-order valence-electron chi connectivity index (χ3n) is 3.32. The summed E-state index contributed by atoms with van der Waals surface area (Å²) in [5.74, 6) is -3.89. The van der Waals surface area contributed by atoms with Gasteiger partial charge >= 0.3 is 5.97 Å². The molecule has 0 aliphatic rings. The minimum Gasteiger partial charge on any atom is -0.481 e. The van der Waals surface area contributed by atoms with Gasteiger partial charge in [0.1, 0.15) is 0 Å². The number of carbonyl (C=O) groups is 1.